The molecule has 2 aromatic heterocycles. The van der Waals surface area contributed by atoms with Gasteiger partial charge in [0, 0.05) is 36.0 Å². The molecule has 0 fully saturated rings. The molecule has 1 N–H and O–H groups in total. The number of rotatable bonds is 4. The van der Waals surface area contributed by atoms with Gasteiger partial charge in [-0.2, -0.15) is 0 Å². The van der Waals surface area contributed by atoms with E-state index in [1.54, 1.807) is 6.20 Å². The predicted molar refractivity (Wildman–Crippen MR) is 103 cm³/mol. The first-order valence-electron chi connectivity index (χ1n) is 8.23. The highest BCUT2D eigenvalue weighted by atomic mass is 28.4. The second-order valence-electron chi connectivity index (χ2n) is 7.62. The predicted octanol–water partition coefficient (Wildman–Crippen LogP) is 5.46. The Balaban J connectivity index is 1.72. The first-order chi connectivity index (χ1) is 11.2. The number of pyridine rings is 1. The van der Waals surface area contributed by atoms with Gasteiger partial charge in [-0.05, 0) is 48.5 Å². The highest BCUT2D eigenvalue weighted by Crippen LogP contribution is 2.37. The molecule has 1 aromatic carbocycles. The molecule has 0 aliphatic heterocycles. The van der Waals surface area contributed by atoms with Crippen LogP contribution in [0.5, 0.6) is 5.75 Å². The van der Waals surface area contributed by atoms with Gasteiger partial charge < -0.3 is 14.1 Å². The molecule has 0 radical (unpaired) electrons. The van der Waals surface area contributed by atoms with Gasteiger partial charge in [-0.3, -0.25) is 0 Å². The molecular weight excluding hydrogens is 314 g/mol. The van der Waals surface area contributed by atoms with Crippen molar-refractivity contribution in [3.63, 3.8) is 0 Å². The fourth-order valence-corrected chi connectivity index (χ4v) is 3.24. The van der Waals surface area contributed by atoms with Crippen molar-refractivity contribution in [1.82, 2.24) is 9.38 Å². The van der Waals surface area contributed by atoms with E-state index >= 15 is 0 Å². The minimum atomic E-state index is -1.79. The summed E-state index contributed by atoms with van der Waals surface area (Å²) in [5, 5.41) is 3.61. The Morgan fingerprint density at radius 3 is 2.38 bits per heavy atom. The van der Waals surface area contributed by atoms with E-state index in [0.717, 1.165) is 22.8 Å². The molecule has 2 heterocycles. The van der Waals surface area contributed by atoms with Crippen LogP contribution in [0.15, 0.2) is 55.0 Å². The highest BCUT2D eigenvalue weighted by molar-refractivity contribution is 6.74. The Labute approximate surface area is 144 Å². The third kappa shape index (κ3) is 3.46. The average Bonchev–Trinajstić information content (AvgIpc) is 2.95. The number of hydrogen-bond acceptors (Lipinski definition) is 3. The van der Waals surface area contributed by atoms with E-state index in [1.165, 1.54) is 0 Å². The zero-order chi connectivity index (χ0) is 17.4. The van der Waals surface area contributed by atoms with Gasteiger partial charge in [0.25, 0.3) is 0 Å². The van der Waals surface area contributed by atoms with Crippen LogP contribution in [0.3, 0.4) is 0 Å². The van der Waals surface area contributed by atoms with Crippen LogP contribution >= 0.6 is 0 Å². The molecule has 24 heavy (non-hydrogen) atoms. The second-order valence-corrected chi connectivity index (χ2v) is 12.3. The number of nitrogens with zero attached hydrogens (tertiary/aromatic N) is 2. The summed E-state index contributed by atoms with van der Waals surface area (Å²) >= 11 is 0. The first kappa shape index (κ1) is 16.6. The van der Waals surface area contributed by atoms with E-state index in [2.05, 4.69) is 56.3 Å². The van der Waals surface area contributed by atoms with Gasteiger partial charge >= 0.3 is 0 Å². The minimum Gasteiger partial charge on any atom is -0.544 e. The van der Waals surface area contributed by atoms with Gasteiger partial charge in [-0.1, -0.05) is 20.8 Å². The monoisotopic (exact) mass is 339 g/mol. The van der Waals surface area contributed by atoms with E-state index < -0.39 is 8.32 Å². The zero-order valence-corrected chi connectivity index (χ0v) is 16.0. The molecule has 126 valence electrons. The lowest BCUT2D eigenvalue weighted by Crippen LogP contribution is -2.43. The van der Waals surface area contributed by atoms with Gasteiger partial charge in [-0.25, -0.2) is 4.98 Å². The van der Waals surface area contributed by atoms with Crippen molar-refractivity contribution in [2.75, 3.05) is 5.32 Å². The maximum Gasteiger partial charge on any atom is 0.250 e. The molecule has 0 aliphatic rings. The Morgan fingerprint density at radius 1 is 1.00 bits per heavy atom. The van der Waals surface area contributed by atoms with Crippen molar-refractivity contribution in [1.29, 1.82) is 0 Å². The van der Waals surface area contributed by atoms with E-state index in [-0.39, 0.29) is 5.04 Å². The van der Waals surface area contributed by atoms with Crippen LogP contribution in [0.1, 0.15) is 20.8 Å². The van der Waals surface area contributed by atoms with Crippen molar-refractivity contribution in [3.8, 4) is 5.75 Å². The smallest absolute Gasteiger partial charge is 0.250 e. The second kappa shape index (κ2) is 5.98. The number of imidazole rings is 1. The number of anilines is 2. The van der Waals surface area contributed by atoms with Gasteiger partial charge in [0.1, 0.15) is 11.4 Å². The van der Waals surface area contributed by atoms with Crippen LogP contribution in [0, 0.1) is 0 Å². The summed E-state index contributed by atoms with van der Waals surface area (Å²) in [5.74, 6) is 0.941. The van der Waals surface area contributed by atoms with Crippen molar-refractivity contribution in [2.45, 2.75) is 38.9 Å². The minimum absolute atomic E-state index is 0.198. The van der Waals surface area contributed by atoms with Gasteiger partial charge in [0.2, 0.25) is 8.32 Å². The number of fused-ring (bicyclic) bond motifs is 1. The zero-order valence-electron chi connectivity index (χ0n) is 15.0. The lowest BCUT2D eigenvalue weighted by atomic mass is 10.2. The number of nitrogens with one attached hydrogen (secondary N) is 1. The van der Waals surface area contributed by atoms with Crippen LogP contribution in [-0.2, 0) is 0 Å². The number of aromatic nitrogens is 2. The van der Waals surface area contributed by atoms with E-state index in [0.29, 0.717) is 0 Å². The fraction of sp³-hybridized carbons (Fsp3) is 0.316. The summed E-state index contributed by atoms with van der Waals surface area (Å²) in [6.07, 6.45) is 5.73. The Morgan fingerprint density at radius 2 is 1.71 bits per heavy atom. The summed E-state index contributed by atoms with van der Waals surface area (Å²) in [7, 11) is -1.79. The van der Waals surface area contributed by atoms with Gasteiger partial charge in [-0.15, -0.1) is 0 Å². The van der Waals surface area contributed by atoms with Crippen LogP contribution in [-0.4, -0.2) is 17.7 Å². The van der Waals surface area contributed by atoms with Crippen molar-refractivity contribution >= 4 is 25.3 Å². The topological polar surface area (TPSA) is 38.6 Å². The van der Waals surface area contributed by atoms with Crippen molar-refractivity contribution in [2.24, 2.45) is 0 Å². The molecule has 0 saturated carbocycles. The third-order valence-electron chi connectivity index (χ3n) is 4.72. The van der Waals surface area contributed by atoms with Crippen molar-refractivity contribution < 1.29 is 4.43 Å². The number of hydrogen-bond donors (Lipinski definition) is 1. The Bertz CT molecular complexity index is 832. The quantitative estimate of drug-likeness (QED) is 0.641. The summed E-state index contributed by atoms with van der Waals surface area (Å²) < 4.78 is 8.30. The molecule has 0 saturated heterocycles. The van der Waals surface area contributed by atoms with Crippen molar-refractivity contribution in [3.05, 3.63) is 55.0 Å². The average molecular weight is 340 g/mol. The third-order valence-corrected chi connectivity index (χ3v) is 9.08. The van der Waals surface area contributed by atoms with Crippen LogP contribution < -0.4 is 9.74 Å². The van der Waals surface area contributed by atoms with Crippen LogP contribution in [0.4, 0.5) is 11.4 Å². The maximum atomic E-state index is 6.32. The first-order valence-corrected chi connectivity index (χ1v) is 11.1. The summed E-state index contributed by atoms with van der Waals surface area (Å²) in [4.78, 5) is 4.31. The maximum absolute atomic E-state index is 6.32. The fourth-order valence-electron chi connectivity index (χ4n) is 2.21. The summed E-state index contributed by atoms with van der Waals surface area (Å²) in [6, 6.07) is 12.2. The van der Waals surface area contributed by atoms with Gasteiger partial charge in [0.05, 0.1) is 0 Å². The molecule has 5 heteroatoms. The lowest BCUT2D eigenvalue weighted by Gasteiger charge is -2.36. The summed E-state index contributed by atoms with van der Waals surface area (Å²) in [6.45, 7) is 11.3. The molecule has 3 aromatic rings. The van der Waals surface area contributed by atoms with Crippen LogP contribution in [0.25, 0.3) is 5.65 Å². The standard InChI is InChI=1S/C19H25N3OSi/c1-19(2,3)24(4,5)23-17-8-6-15(7-9-17)21-16-10-12-22-13-11-20-18(22)14-16/h6-14,21H,1-5H3. The summed E-state index contributed by atoms with van der Waals surface area (Å²) in [5.41, 5.74) is 2.98. The van der Waals surface area contributed by atoms with Crippen LogP contribution in [0.2, 0.25) is 18.1 Å². The molecule has 0 spiro atoms. The Kier molecular flexibility index (Phi) is 4.13. The molecule has 0 unspecified atom stereocenters. The van der Waals surface area contributed by atoms with E-state index in [4.69, 9.17) is 4.43 Å². The number of benzene rings is 1. The SMILES string of the molecule is CC(C)(C)[Si](C)(C)Oc1ccc(Nc2ccn3ccnc3c2)cc1. The largest absolute Gasteiger partial charge is 0.544 e. The molecular formula is C19H25N3OSi. The highest BCUT2D eigenvalue weighted by Gasteiger charge is 2.38. The normalized spacial score (nSPS) is 12.4. The molecule has 0 atom stereocenters. The van der Waals surface area contributed by atoms with E-state index in [1.807, 2.05) is 41.1 Å². The molecule has 3 rings (SSSR count). The van der Waals surface area contributed by atoms with Gasteiger partial charge in [0.15, 0.2) is 0 Å². The molecule has 4 nitrogen and oxygen atoms in total. The molecule has 0 bridgehead atoms. The Hall–Kier alpha value is -2.27. The lowest BCUT2D eigenvalue weighted by molar-refractivity contribution is 0.492. The molecule has 0 aliphatic carbocycles. The van der Waals surface area contributed by atoms with E-state index in [9.17, 15) is 0 Å². The molecule has 0 amide bonds.